The summed E-state index contributed by atoms with van der Waals surface area (Å²) < 4.78 is 11.8. The number of halogens is 1. The molecule has 2 heterocycles. The molecule has 5 nitrogen and oxygen atoms in total. The van der Waals surface area contributed by atoms with Gasteiger partial charge in [-0.05, 0) is 38.1 Å². The molecule has 23 heavy (non-hydrogen) atoms. The summed E-state index contributed by atoms with van der Waals surface area (Å²) in [4.78, 5) is 14.0. The molecule has 2 unspecified atom stereocenters. The summed E-state index contributed by atoms with van der Waals surface area (Å²) in [5, 5.41) is 3.45. The van der Waals surface area contributed by atoms with E-state index in [2.05, 4.69) is 10.2 Å². The monoisotopic (exact) mass is 338 g/mol. The summed E-state index contributed by atoms with van der Waals surface area (Å²) in [7, 11) is 1.70. The normalized spacial score (nSPS) is 26.3. The molecule has 1 N–H and O–H groups in total. The molecular weight excluding hydrogens is 316 g/mol. The molecule has 0 saturated carbocycles. The summed E-state index contributed by atoms with van der Waals surface area (Å²) in [5.41, 5.74) is 0.996. The average Bonchev–Trinajstić information content (AvgIpc) is 3.04. The Morgan fingerprint density at radius 2 is 2.00 bits per heavy atom. The van der Waals surface area contributed by atoms with Gasteiger partial charge in [-0.3, -0.25) is 4.79 Å². The van der Waals surface area contributed by atoms with Crippen LogP contribution in [0.25, 0.3) is 0 Å². The van der Waals surface area contributed by atoms with Crippen LogP contribution in [0.2, 0.25) is 5.02 Å². The molecule has 1 amide bonds. The maximum absolute atomic E-state index is 11.7. The van der Waals surface area contributed by atoms with Crippen LogP contribution in [0.15, 0.2) is 24.3 Å². The van der Waals surface area contributed by atoms with Crippen LogP contribution in [0.5, 0.6) is 0 Å². The number of rotatable bonds is 4. The summed E-state index contributed by atoms with van der Waals surface area (Å²) in [5.74, 6) is 0.312. The highest BCUT2D eigenvalue weighted by atomic mass is 35.5. The van der Waals surface area contributed by atoms with E-state index in [1.165, 1.54) is 0 Å². The first-order chi connectivity index (χ1) is 11.2. The van der Waals surface area contributed by atoms with E-state index in [1.54, 1.807) is 7.05 Å². The molecule has 0 aliphatic carbocycles. The standard InChI is InChI=1S/C17H23ClN2O3/c1-19-16(21)12-6-8-20(9-7-12)10-15-11-22-17(23-15)13-2-4-14(18)5-3-13/h2-5,12,15,17H,6-11H2,1H3,(H,19,21). The van der Waals surface area contributed by atoms with Crippen molar-refractivity contribution >= 4 is 17.5 Å². The molecule has 2 aliphatic heterocycles. The molecule has 3 rings (SSSR count). The zero-order chi connectivity index (χ0) is 16.2. The quantitative estimate of drug-likeness (QED) is 0.914. The van der Waals surface area contributed by atoms with Crippen LogP contribution in [0.1, 0.15) is 24.7 Å². The molecule has 2 saturated heterocycles. The minimum Gasteiger partial charge on any atom is -0.359 e. The zero-order valence-corrected chi connectivity index (χ0v) is 14.1. The van der Waals surface area contributed by atoms with Gasteiger partial charge in [-0.25, -0.2) is 0 Å². The maximum Gasteiger partial charge on any atom is 0.222 e. The van der Waals surface area contributed by atoms with Crippen LogP contribution in [-0.2, 0) is 14.3 Å². The highest BCUT2D eigenvalue weighted by Gasteiger charge is 2.31. The van der Waals surface area contributed by atoms with E-state index >= 15 is 0 Å². The zero-order valence-electron chi connectivity index (χ0n) is 13.3. The van der Waals surface area contributed by atoms with E-state index in [1.807, 2.05) is 24.3 Å². The van der Waals surface area contributed by atoms with Gasteiger partial charge in [0.05, 0.1) is 12.7 Å². The largest absolute Gasteiger partial charge is 0.359 e. The van der Waals surface area contributed by atoms with E-state index in [-0.39, 0.29) is 24.2 Å². The van der Waals surface area contributed by atoms with E-state index in [4.69, 9.17) is 21.1 Å². The molecule has 2 aliphatic rings. The van der Waals surface area contributed by atoms with Crippen molar-refractivity contribution in [2.45, 2.75) is 25.2 Å². The van der Waals surface area contributed by atoms with Crippen molar-refractivity contribution in [1.82, 2.24) is 10.2 Å². The Hall–Kier alpha value is -1.14. The molecule has 2 fully saturated rings. The van der Waals surface area contributed by atoms with Gasteiger partial charge in [0.15, 0.2) is 6.29 Å². The Morgan fingerprint density at radius 3 is 2.65 bits per heavy atom. The van der Waals surface area contributed by atoms with Crippen molar-refractivity contribution in [1.29, 1.82) is 0 Å². The molecule has 0 spiro atoms. The molecule has 1 aromatic carbocycles. The van der Waals surface area contributed by atoms with Crippen molar-refractivity contribution in [3.05, 3.63) is 34.9 Å². The second-order valence-electron chi connectivity index (χ2n) is 6.16. The lowest BCUT2D eigenvalue weighted by molar-refractivity contribution is -0.126. The fourth-order valence-electron chi connectivity index (χ4n) is 3.21. The molecule has 0 radical (unpaired) electrons. The molecular formula is C17H23ClN2O3. The van der Waals surface area contributed by atoms with Gasteiger partial charge in [0.1, 0.15) is 0 Å². The number of likely N-dealkylation sites (tertiary alicyclic amines) is 1. The Kier molecular flexibility index (Phi) is 5.54. The topological polar surface area (TPSA) is 50.8 Å². The minimum absolute atomic E-state index is 0.0761. The van der Waals surface area contributed by atoms with Crippen molar-refractivity contribution in [2.24, 2.45) is 5.92 Å². The van der Waals surface area contributed by atoms with Gasteiger partial charge < -0.3 is 19.7 Å². The Morgan fingerprint density at radius 1 is 1.30 bits per heavy atom. The fourth-order valence-corrected chi connectivity index (χ4v) is 3.33. The predicted molar refractivity (Wildman–Crippen MR) is 88.2 cm³/mol. The number of carbonyl (C=O) groups excluding carboxylic acids is 1. The molecule has 126 valence electrons. The first kappa shape index (κ1) is 16.7. The van der Waals surface area contributed by atoms with E-state index in [9.17, 15) is 4.79 Å². The first-order valence-corrected chi connectivity index (χ1v) is 8.50. The summed E-state index contributed by atoms with van der Waals surface area (Å²) in [6.07, 6.45) is 1.59. The number of benzene rings is 1. The van der Waals surface area contributed by atoms with Crippen molar-refractivity contribution in [3.63, 3.8) is 0 Å². The number of piperidine rings is 1. The second kappa shape index (κ2) is 7.62. The summed E-state index contributed by atoms with van der Waals surface area (Å²) in [6.45, 7) is 3.32. The Balaban J connectivity index is 1.45. The lowest BCUT2D eigenvalue weighted by atomic mass is 9.96. The van der Waals surface area contributed by atoms with Crippen molar-refractivity contribution in [3.8, 4) is 0 Å². The molecule has 0 aromatic heterocycles. The van der Waals surface area contributed by atoms with Gasteiger partial charge >= 0.3 is 0 Å². The lowest BCUT2D eigenvalue weighted by Crippen LogP contribution is -2.42. The SMILES string of the molecule is CNC(=O)C1CCN(CC2COC(c3ccc(Cl)cc3)O2)CC1. The third-order valence-electron chi connectivity index (χ3n) is 4.56. The third kappa shape index (κ3) is 4.23. The average molecular weight is 339 g/mol. The van der Waals surface area contributed by atoms with Crippen LogP contribution in [0, 0.1) is 5.92 Å². The van der Waals surface area contributed by atoms with Gasteiger partial charge in [-0.15, -0.1) is 0 Å². The number of carbonyl (C=O) groups is 1. The number of hydrogen-bond acceptors (Lipinski definition) is 4. The second-order valence-corrected chi connectivity index (χ2v) is 6.60. The van der Waals surface area contributed by atoms with Gasteiger partial charge in [0.2, 0.25) is 5.91 Å². The summed E-state index contributed by atoms with van der Waals surface area (Å²) in [6, 6.07) is 7.56. The first-order valence-electron chi connectivity index (χ1n) is 8.12. The van der Waals surface area contributed by atoms with Crippen LogP contribution in [0.4, 0.5) is 0 Å². The Bertz CT molecular complexity index is 529. The van der Waals surface area contributed by atoms with Crippen molar-refractivity contribution in [2.75, 3.05) is 33.3 Å². The highest BCUT2D eigenvalue weighted by Crippen LogP contribution is 2.28. The smallest absolute Gasteiger partial charge is 0.222 e. The van der Waals surface area contributed by atoms with Crippen LogP contribution in [-0.4, -0.2) is 50.2 Å². The van der Waals surface area contributed by atoms with Gasteiger partial charge in [-0.2, -0.15) is 0 Å². The fraction of sp³-hybridized carbons (Fsp3) is 0.588. The van der Waals surface area contributed by atoms with Gasteiger partial charge in [0.25, 0.3) is 0 Å². The maximum atomic E-state index is 11.7. The van der Waals surface area contributed by atoms with E-state index in [0.717, 1.165) is 38.0 Å². The molecule has 6 heteroatoms. The molecule has 1 aromatic rings. The third-order valence-corrected chi connectivity index (χ3v) is 4.81. The molecule has 0 bridgehead atoms. The number of nitrogens with zero attached hydrogens (tertiary/aromatic N) is 1. The van der Waals surface area contributed by atoms with Crippen LogP contribution >= 0.6 is 11.6 Å². The van der Waals surface area contributed by atoms with Gasteiger partial charge in [-0.1, -0.05) is 23.7 Å². The van der Waals surface area contributed by atoms with E-state index < -0.39 is 0 Å². The van der Waals surface area contributed by atoms with Crippen LogP contribution < -0.4 is 5.32 Å². The van der Waals surface area contributed by atoms with Gasteiger partial charge in [0, 0.05) is 30.1 Å². The Labute approximate surface area is 141 Å². The summed E-state index contributed by atoms with van der Waals surface area (Å²) >= 11 is 5.90. The highest BCUT2D eigenvalue weighted by molar-refractivity contribution is 6.30. The predicted octanol–water partition coefficient (Wildman–Crippen LogP) is 2.21. The number of hydrogen-bond donors (Lipinski definition) is 1. The van der Waals surface area contributed by atoms with Crippen molar-refractivity contribution < 1.29 is 14.3 Å². The lowest BCUT2D eigenvalue weighted by Gasteiger charge is -2.32. The minimum atomic E-state index is -0.305. The number of amides is 1. The number of nitrogens with one attached hydrogen (secondary N) is 1. The van der Waals surface area contributed by atoms with Crippen LogP contribution in [0.3, 0.4) is 0 Å². The van der Waals surface area contributed by atoms with E-state index in [0.29, 0.717) is 11.6 Å². The number of ether oxygens (including phenoxy) is 2. The molecule has 2 atom stereocenters.